The highest BCUT2D eigenvalue weighted by Gasteiger charge is 2.32. The highest BCUT2D eigenvalue weighted by molar-refractivity contribution is 4.83. The Morgan fingerprint density at radius 2 is 1.43 bits per heavy atom. The molecular weight excluding hydrogens is 252 g/mol. The van der Waals surface area contributed by atoms with Gasteiger partial charge in [0.25, 0.3) is 0 Å². The van der Waals surface area contributed by atoms with Crippen LogP contribution in [0, 0.1) is 23.2 Å². The van der Waals surface area contributed by atoms with Gasteiger partial charge in [0.2, 0.25) is 0 Å². The Morgan fingerprint density at radius 3 is 2.05 bits per heavy atom. The van der Waals surface area contributed by atoms with Gasteiger partial charge >= 0.3 is 0 Å². The van der Waals surface area contributed by atoms with Crippen LogP contribution in [0.2, 0.25) is 0 Å². The lowest BCUT2D eigenvalue weighted by Crippen LogP contribution is -2.29. The van der Waals surface area contributed by atoms with Crippen LogP contribution in [0.1, 0.15) is 113 Å². The van der Waals surface area contributed by atoms with Crippen LogP contribution in [0.5, 0.6) is 0 Å². The molecule has 0 heteroatoms. The predicted molar refractivity (Wildman–Crippen MR) is 98.8 cm³/mol. The minimum atomic E-state index is 0.571. The second-order valence-corrected chi connectivity index (χ2v) is 8.20. The van der Waals surface area contributed by atoms with E-state index in [4.69, 9.17) is 0 Å². The molecular formula is C21H44. The van der Waals surface area contributed by atoms with Crippen LogP contribution in [0.4, 0.5) is 0 Å². The topological polar surface area (TPSA) is 0 Å². The Kier molecular flexibility index (Phi) is 11.6. The molecule has 0 nitrogen and oxygen atoms in total. The molecule has 0 radical (unpaired) electrons. The summed E-state index contributed by atoms with van der Waals surface area (Å²) in [5, 5.41) is 0. The molecule has 0 bridgehead atoms. The maximum absolute atomic E-state index is 2.54. The van der Waals surface area contributed by atoms with E-state index in [9.17, 15) is 0 Å². The SMILES string of the molecule is CC.CC(C)CCCC(C)C1CCCCCCCC1(C)C. The van der Waals surface area contributed by atoms with E-state index < -0.39 is 0 Å². The number of hydrogen-bond donors (Lipinski definition) is 0. The Morgan fingerprint density at radius 1 is 0.857 bits per heavy atom. The van der Waals surface area contributed by atoms with E-state index in [2.05, 4.69) is 34.6 Å². The van der Waals surface area contributed by atoms with Crippen molar-refractivity contribution in [2.45, 2.75) is 113 Å². The van der Waals surface area contributed by atoms with Gasteiger partial charge < -0.3 is 0 Å². The fourth-order valence-corrected chi connectivity index (χ4v) is 4.16. The van der Waals surface area contributed by atoms with Crippen molar-refractivity contribution in [3.05, 3.63) is 0 Å². The summed E-state index contributed by atoms with van der Waals surface area (Å²) in [6, 6.07) is 0. The van der Waals surface area contributed by atoms with Gasteiger partial charge in [0.1, 0.15) is 0 Å². The zero-order valence-corrected chi connectivity index (χ0v) is 16.3. The molecule has 1 aliphatic carbocycles. The van der Waals surface area contributed by atoms with Gasteiger partial charge in [-0.05, 0) is 36.0 Å². The molecule has 1 aliphatic rings. The summed E-state index contributed by atoms with van der Waals surface area (Å²) >= 11 is 0. The molecule has 0 aromatic carbocycles. The van der Waals surface area contributed by atoms with Crippen LogP contribution in [0.25, 0.3) is 0 Å². The second-order valence-electron chi connectivity index (χ2n) is 8.20. The Bertz CT molecular complexity index is 226. The minimum Gasteiger partial charge on any atom is -0.0683 e. The molecule has 1 saturated carbocycles. The lowest BCUT2D eigenvalue weighted by molar-refractivity contribution is 0.115. The van der Waals surface area contributed by atoms with Gasteiger partial charge in [-0.2, -0.15) is 0 Å². The first-order valence-electron chi connectivity index (χ1n) is 9.93. The number of hydrogen-bond acceptors (Lipinski definition) is 0. The Hall–Kier alpha value is 0. The van der Waals surface area contributed by atoms with Gasteiger partial charge in [-0.1, -0.05) is 99.8 Å². The maximum Gasteiger partial charge on any atom is -0.0323 e. The van der Waals surface area contributed by atoms with E-state index in [0.717, 1.165) is 17.8 Å². The van der Waals surface area contributed by atoms with E-state index in [-0.39, 0.29) is 0 Å². The average Bonchev–Trinajstić information content (AvgIpc) is 2.50. The average molecular weight is 297 g/mol. The first kappa shape index (κ1) is 21.0. The molecule has 0 spiro atoms. The fourth-order valence-electron chi connectivity index (χ4n) is 4.16. The van der Waals surface area contributed by atoms with E-state index in [0.29, 0.717) is 5.41 Å². The van der Waals surface area contributed by atoms with Gasteiger partial charge in [0.15, 0.2) is 0 Å². The summed E-state index contributed by atoms with van der Waals surface area (Å²) in [5.74, 6) is 2.75. The minimum absolute atomic E-state index is 0.571. The van der Waals surface area contributed by atoms with E-state index in [1.54, 1.807) is 0 Å². The lowest BCUT2D eigenvalue weighted by Gasteiger charge is -2.39. The monoisotopic (exact) mass is 296 g/mol. The van der Waals surface area contributed by atoms with Crippen LogP contribution in [-0.4, -0.2) is 0 Å². The van der Waals surface area contributed by atoms with Crippen molar-refractivity contribution in [3.63, 3.8) is 0 Å². The first-order chi connectivity index (χ1) is 9.93. The molecule has 0 aromatic rings. The molecule has 0 N–H and O–H groups in total. The van der Waals surface area contributed by atoms with Crippen LogP contribution in [-0.2, 0) is 0 Å². The standard InChI is InChI=1S/C19H38.C2H6/c1-16(2)12-11-13-17(3)18-14-9-7-6-8-10-15-19(18,4)5;1-2/h16-18H,6-15H2,1-5H3;1-2H3. The van der Waals surface area contributed by atoms with Gasteiger partial charge in [-0.25, -0.2) is 0 Å². The molecule has 0 saturated heterocycles. The van der Waals surface area contributed by atoms with Crippen LogP contribution in [0.3, 0.4) is 0 Å². The molecule has 0 amide bonds. The molecule has 0 heterocycles. The molecule has 0 aromatic heterocycles. The lowest BCUT2D eigenvalue weighted by atomic mass is 9.67. The van der Waals surface area contributed by atoms with Crippen molar-refractivity contribution in [3.8, 4) is 0 Å². The van der Waals surface area contributed by atoms with E-state index in [1.165, 1.54) is 64.2 Å². The predicted octanol–water partition coefficient (Wildman–Crippen LogP) is 7.86. The third-order valence-electron chi connectivity index (χ3n) is 5.47. The zero-order chi connectivity index (χ0) is 16.3. The van der Waals surface area contributed by atoms with Crippen molar-refractivity contribution >= 4 is 0 Å². The molecule has 0 aliphatic heterocycles. The maximum atomic E-state index is 2.54. The largest absolute Gasteiger partial charge is 0.0683 e. The van der Waals surface area contributed by atoms with Crippen molar-refractivity contribution in [1.82, 2.24) is 0 Å². The molecule has 128 valence electrons. The van der Waals surface area contributed by atoms with Gasteiger partial charge in [-0.3, -0.25) is 0 Å². The third-order valence-corrected chi connectivity index (χ3v) is 5.47. The van der Waals surface area contributed by atoms with Gasteiger partial charge in [0, 0.05) is 0 Å². The highest BCUT2D eigenvalue weighted by atomic mass is 14.4. The molecule has 2 unspecified atom stereocenters. The normalized spacial score (nSPS) is 24.3. The quantitative estimate of drug-likeness (QED) is 0.484. The molecule has 1 rings (SSSR count). The number of rotatable bonds is 5. The van der Waals surface area contributed by atoms with Crippen LogP contribution < -0.4 is 0 Å². The van der Waals surface area contributed by atoms with Crippen LogP contribution in [0.15, 0.2) is 0 Å². The Labute approximate surface area is 136 Å². The molecule has 1 fully saturated rings. The Balaban J connectivity index is 0.00000191. The van der Waals surface area contributed by atoms with E-state index in [1.807, 2.05) is 13.8 Å². The third kappa shape index (κ3) is 8.89. The van der Waals surface area contributed by atoms with Gasteiger partial charge in [0.05, 0.1) is 0 Å². The zero-order valence-electron chi connectivity index (χ0n) is 16.3. The highest BCUT2D eigenvalue weighted by Crippen LogP contribution is 2.43. The van der Waals surface area contributed by atoms with Gasteiger partial charge in [-0.15, -0.1) is 0 Å². The van der Waals surface area contributed by atoms with Crippen molar-refractivity contribution in [2.24, 2.45) is 23.2 Å². The summed E-state index contributed by atoms with van der Waals surface area (Å²) in [7, 11) is 0. The van der Waals surface area contributed by atoms with Crippen LogP contribution >= 0.6 is 0 Å². The smallest absolute Gasteiger partial charge is 0.0323 e. The summed E-state index contributed by atoms with van der Waals surface area (Å²) in [6.45, 7) is 16.3. The molecule has 2 atom stereocenters. The van der Waals surface area contributed by atoms with Crippen molar-refractivity contribution in [2.75, 3.05) is 0 Å². The van der Waals surface area contributed by atoms with Crippen molar-refractivity contribution < 1.29 is 0 Å². The van der Waals surface area contributed by atoms with E-state index >= 15 is 0 Å². The summed E-state index contributed by atoms with van der Waals surface area (Å²) in [6.07, 6.45) is 14.6. The molecule has 21 heavy (non-hydrogen) atoms. The summed E-state index contributed by atoms with van der Waals surface area (Å²) in [5.41, 5.74) is 0.571. The first-order valence-corrected chi connectivity index (χ1v) is 9.93. The fraction of sp³-hybridized carbons (Fsp3) is 1.00. The summed E-state index contributed by atoms with van der Waals surface area (Å²) < 4.78 is 0. The second kappa shape index (κ2) is 11.6. The summed E-state index contributed by atoms with van der Waals surface area (Å²) in [4.78, 5) is 0. The van der Waals surface area contributed by atoms with Crippen molar-refractivity contribution in [1.29, 1.82) is 0 Å².